The van der Waals surface area contributed by atoms with Crippen molar-refractivity contribution in [2.24, 2.45) is 0 Å². The van der Waals surface area contributed by atoms with Gasteiger partial charge in [0.1, 0.15) is 0 Å². The number of amides is 1. The van der Waals surface area contributed by atoms with Crippen LogP contribution in [-0.4, -0.2) is 55.9 Å². The van der Waals surface area contributed by atoms with Crippen LogP contribution in [0.15, 0.2) is 24.3 Å². The summed E-state index contributed by atoms with van der Waals surface area (Å²) in [7, 11) is 1.62. The molecule has 5 nitrogen and oxygen atoms in total. The summed E-state index contributed by atoms with van der Waals surface area (Å²) in [6.45, 7) is 3.99. The minimum absolute atomic E-state index is 0.0301. The predicted octanol–water partition coefficient (Wildman–Crippen LogP) is 1.13. The number of anilines is 1. The summed E-state index contributed by atoms with van der Waals surface area (Å²) in [5.74, 6) is -0.0807. The number of methoxy groups -OCH3 is 1. The highest BCUT2D eigenvalue weighted by Gasteiger charge is 2.10. The van der Waals surface area contributed by atoms with Crippen LogP contribution in [0.3, 0.4) is 0 Å². The fourth-order valence-corrected chi connectivity index (χ4v) is 1.90. The Morgan fingerprint density at radius 1 is 1.40 bits per heavy atom. The monoisotopic (exact) mass is 280 g/mol. The zero-order valence-corrected chi connectivity index (χ0v) is 12.3. The molecule has 1 amide bonds. The van der Waals surface area contributed by atoms with Crippen LogP contribution in [0.2, 0.25) is 0 Å². The lowest BCUT2D eigenvalue weighted by Crippen LogP contribution is -2.37. The van der Waals surface area contributed by atoms with Crippen LogP contribution in [-0.2, 0) is 16.0 Å². The van der Waals surface area contributed by atoms with Crippen molar-refractivity contribution in [3.63, 3.8) is 0 Å². The van der Waals surface area contributed by atoms with Crippen LogP contribution in [0.5, 0.6) is 0 Å². The largest absolute Gasteiger partial charge is 0.395 e. The van der Waals surface area contributed by atoms with Crippen molar-refractivity contribution in [2.45, 2.75) is 13.3 Å². The van der Waals surface area contributed by atoms with E-state index in [4.69, 9.17) is 9.84 Å². The summed E-state index contributed by atoms with van der Waals surface area (Å²) in [5, 5.41) is 11.9. The van der Waals surface area contributed by atoms with Crippen LogP contribution in [0.25, 0.3) is 0 Å². The molecular weight excluding hydrogens is 256 g/mol. The minimum Gasteiger partial charge on any atom is -0.395 e. The third-order valence-electron chi connectivity index (χ3n) is 3.01. The first-order valence-electron chi connectivity index (χ1n) is 6.90. The van der Waals surface area contributed by atoms with Gasteiger partial charge in [0, 0.05) is 25.9 Å². The first-order chi connectivity index (χ1) is 9.69. The number of rotatable bonds is 9. The second-order valence-electron chi connectivity index (χ2n) is 4.59. The molecule has 0 aliphatic carbocycles. The van der Waals surface area contributed by atoms with E-state index in [9.17, 15) is 4.79 Å². The predicted molar refractivity (Wildman–Crippen MR) is 79.9 cm³/mol. The third-order valence-corrected chi connectivity index (χ3v) is 3.01. The van der Waals surface area contributed by atoms with E-state index in [0.29, 0.717) is 19.7 Å². The maximum atomic E-state index is 12.0. The molecule has 0 aromatic heterocycles. The van der Waals surface area contributed by atoms with Gasteiger partial charge in [-0.15, -0.1) is 0 Å². The van der Waals surface area contributed by atoms with Crippen LogP contribution in [0.4, 0.5) is 5.69 Å². The Hall–Kier alpha value is -1.43. The zero-order chi connectivity index (χ0) is 14.8. The van der Waals surface area contributed by atoms with Crippen molar-refractivity contribution in [1.82, 2.24) is 4.90 Å². The summed E-state index contributed by atoms with van der Waals surface area (Å²) in [6.07, 6.45) is 0.939. The third kappa shape index (κ3) is 6.14. The van der Waals surface area contributed by atoms with Crippen LogP contribution < -0.4 is 5.32 Å². The van der Waals surface area contributed by atoms with E-state index < -0.39 is 0 Å². The van der Waals surface area contributed by atoms with Gasteiger partial charge in [-0.3, -0.25) is 9.69 Å². The van der Waals surface area contributed by atoms with Gasteiger partial charge in [-0.2, -0.15) is 0 Å². The normalized spacial score (nSPS) is 10.8. The van der Waals surface area contributed by atoms with E-state index in [1.165, 1.54) is 5.56 Å². The standard InChI is InChI=1S/C15H24N2O3/c1-3-13-5-4-6-14(11-13)16-15(19)12-17(7-9-18)8-10-20-2/h4-6,11,18H,3,7-10,12H2,1-2H3,(H,16,19). The summed E-state index contributed by atoms with van der Waals surface area (Å²) in [6, 6.07) is 7.82. The zero-order valence-electron chi connectivity index (χ0n) is 12.3. The Kier molecular flexibility index (Phi) is 7.87. The lowest BCUT2D eigenvalue weighted by molar-refractivity contribution is -0.117. The molecule has 0 bridgehead atoms. The van der Waals surface area contributed by atoms with Gasteiger partial charge in [-0.1, -0.05) is 19.1 Å². The number of hydrogen-bond donors (Lipinski definition) is 2. The number of ether oxygens (including phenoxy) is 1. The molecule has 2 N–H and O–H groups in total. The van der Waals surface area contributed by atoms with Crippen LogP contribution >= 0.6 is 0 Å². The first kappa shape index (κ1) is 16.6. The average Bonchev–Trinajstić information content (AvgIpc) is 2.45. The van der Waals surface area contributed by atoms with E-state index in [2.05, 4.69) is 12.2 Å². The van der Waals surface area contributed by atoms with Crippen molar-refractivity contribution in [2.75, 3.05) is 45.3 Å². The Labute approximate surface area is 120 Å². The Bertz CT molecular complexity index is 410. The Balaban J connectivity index is 2.51. The molecule has 0 atom stereocenters. The molecule has 1 rings (SSSR count). The molecule has 0 unspecified atom stereocenters. The number of nitrogens with zero attached hydrogens (tertiary/aromatic N) is 1. The highest BCUT2D eigenvalue weighted by atomic mass is 16.5. The quantitative estimate of drug-likeness (QED) is 0.712. The molecule has 20 heavy (non-hydrogen) atoms. The molecule has 0 radical (unpaired) electrons. The topological polar surface area (TPSA) is 61.8 Å². The lowest BCUT2D eigenvalue weighted by Gasteiger charge is -2.20. The second-order valence-corrected chi connectivity index (χ2v) is 4.59. The molecule has 0 fully saturated rings. The van der Waals surface area contributed by atoms with Gasteiger partial charge in [0.25, 0.3) is 0 Å². The van der Waals surface area contributed by atoms with E-state index in [-0.39, 0.29) is 19.1 Å². The second kappa shape index (κ2) is 9.47. The Morgan fingerprint density at radius 3 is 2.85 bits per heavy atom. The number of aliphatic hydroxyl groups excluding tert-OH is 1. The van der Waals surface area contributed by atoms with Crippen LogP contribution in [0, 0.1) is 0 Å². The molecular formula is C15H24N2O3. The van der Waals surface area contributed by atoms with Gasteiger partial charge in [-0.05, 0) is 24.1 Å². The molecule has 0 aliphatic heterocycles. The van der Waals surface area contributed by atoms with Gasteiger partial charge in [0.2, 0.25) is 5.91 Å². The summed E-state index contributed by atoms with van der Waals surface area (Å²) in [4.78, 5) is 13.8. The van der Waals surface area contributed by atoms with Crippen LogP contribution in [0.1, 0.15) is 12.5 Å². The molecule has 0 saturated heterocycles. The van der Waals surface area contributed by atoms with Crippen molar-refractivity contribution >= 4 is 11.6 Å². The van der Waals surface area contributed by atoms with E-state index in [0.717, 1.165) is 12.1 Å². The SMILES string of the molecule is CCc1cccc(NC(=O)CN(CCO)CCOC)c1. The van der Waals surface area contributed by atoms with Crippen molar-refractivity contribution < 1.29 is 14.6 Å². The van der Waals surface area contributed by atoms with Crippen molar-refractivity contribution in [3.8, 4) is 0 Å². The smallest absolute Gasteiger partial charge is 0.238 e. The summed E-state index contributed by atoms with van der Waals surface area (Å²) in [5.41, 5.74) is 2.00. The maximum absolute atomic E-state index is 12.0. The molecule has 112 valence electrons. The minimum atomic E-state index is -0.0807. The molecule has 0 spiro atoms. The molecule has 0 saturated carbocycles. The number of aliphatic hydroxyl groups is 1. The highest BCUT2D eigenvalue weighted by Crippen LogP contribution is 2.11. The average molecular weight is 280 g/mol. The van der Waals surface area contributed by atoms with E-state index in [1.54, 1.807) is 7.11 Å². The number of hydrogen-bond acceptors (Lipinski definition) is 4. The molecule has 5 heteroatoms. The fourth-order valence-electron chi connectivity index (χ4n) is 1.90. The number of carbonyl (C=O) groups is 1. The first-order valence-corrected chi connectivity index (χ1v) is 6.90. The number of benzene rings is 1. The maximum Gasteiger partial charge on any atom is 0.238 e. The van der Waals surface area contributed by atoms with E-state index >= 15 is 0 Å². The fraction of sp³-hybridized carbons (Fsp3) is 0.533. The van der Waals surface area contributed by atoms with Gasteiger partial charge in [0.05, 0.1) is 19.8 Å². The molecule has 0 heterocycles. The molecule has 1 aromatic rings. The van der Waals surface area contributed by atoms with Gasteiger partial charge in [-0.25, -0.2) is 0 Å². The number of carbonyl (C=O) groups excluding carboxylic acids is 1. The number of aryl methyl sites for hydroxylation is 1. The number of nitrogens with one attached hydrogen (secondary N) is 1. The van der Waals surface area contributed by atoms with E-state index in [1.807, 2.05) is 29.2 Å². The van der Waals surface area contributed by atoms with Gasteiger partial charge >= 0.3 is 0 Å². The van der Waals surface area contributed by atoms with Crippen molar-refractivity contribution in [3.05, 3.63) is 29.8 Å². The van der Waals surface area contributed by atoms with Gasteiger partial charge < -0.3 is 15.2 Å². The lowest BCUT2D eigenvalue weighted by atomic mass is 10.1. The highest BCUT2D eigenvalue weighted by molar-refractivity contribution is 5.92. The summed E-state index contributed by atoms with van der Waals surface area (Å²) >= 11 is 0. The molecule has 1 aromatic carbocycles. The van der Waals surface area contributed by atoms with Crippen molar-refractivity contribution in [1.29, 1.82) is 0 Å². The Morgan fingerprint density at radius 2 is 2.20 bits per heavy atom. The van der Waals surface area contributed by atoms with Gasteiger partial charge in [0.15, 0.2) is 0 Å². The molecule has 0 aliphatic rings. The summed E-state index contributed by atoms with van der Waals surface area (Å²) < 4.78 is 4.99.